The minimum absolute atomic E-state index is 0.144. The number of hydrogen-bond acceptors (Lipinski definition) is 3. The van der Waals surface area contributed by atoms with Crippen molar-refractivity contribution in [2.24, 2.45) is 5.92 Å². The third-order valence-corrected chi connectivity index (χ3v) is 3.24. The van der Waals surface area contributed by atoms with Crippen LogP contribution in [0.5, 0.6) is 0 Å². The summed E-state index contributed by atoms with van der Waals surface area (Å²) >= 11 is 0. The van der Waals surface area contributed by atoms with Gasteiger partial charge in [0.1, 0.15) is 11.9 Å². The van der Waals surface area contributed by atoms with Crippen LogP contribution in [-0.4, -0.2) is 22.6 Å². The van der Waals surface area contributed by atoms with Crippen molar-refractivity contribution in [3.05, 3.63) is 17.7 Å². The molecule has 2 rings (SSSR count). The van der Waals surface area contributed by atoms with Crippen molar-refractivity contribution in [2.75, 3.05) is 7.11 Å². The Labute approximate surface area is 102 Å². The van der Waals surface area contributed by atoms with Crippen LogP contribution in [0.25, 0.3) is 0 Å². The average Bonchev–Trinajstić information content (AvgIpc) is 2.71. The topological polar surface area (TPSA) is 44.1 Å². The highest BCUT2D eigenvalue weighted by molar-refractivity contribution is 5.74. The van der Waals surface area contributed by atoms with Crippen molar-refractivity contribution in [3.8, 4) is 0 Å². The van der Waals surface area contributed by atoms with Gasteiger partial charge in [0.15, 0.2) is 0 Å². The second-order valence-electron chi connectivity index (χ2n) is 5.06. The first-order chi connectivity index (χ1) is 8.13. The van der Waals surface area contributed by atoms with E-state index in [-0.39, 0.29) is 12.0 Å². The number of esters is 1. The lowest BCUT2D eigenvalue weighted by molar-refractivity contribution is -0.145. The number of aryl methyl sites for hydroxylation is 1. The molecule has 0 aromatic carbocycles. The van der Waals surface area contributed by atoms with Crippen LogP contribution in [0.2, 0.25) is 0 Å². The predicted molar refractivity (Wildman–Crippen MR) is 64.8 cm³/mol. The molecule has 0 saturated heterocycles. The molecule has 4 heteroatoms. The van der Waals surface area contributed by atoms with Crippen molar-refractivity contribution in [1.82, 2.24) is 9.55 Å². The molecular weight excluding hydrogens is 216 g/mol. The lowest BCUT2D eigenvalue weighted by Crippen LogP contribution is -2.27. The van der Waals surface area contributed by atoms with Crippen molar-refractivity contribution in [1.29, 1.82) is 0 Å². The normalized spacial score (nSPS) is 19.2. The summed E-state index contributed by atoms with van der Waals surface area (Å²) in [5.41, 5.74) is 1.17. The highest BCUT2D eigenvalue weighted by atomic mass is 16.5. The molecule has 0 saturated carbocycles. The molecule has 0 aliphatic carbocycles. The quantitative estimate of drug-likeness (QED) is 0.755. The molecule has 1 atom stereocenters. The van der Waals surface area contributed by atoms with Crippen LogP contribution in [0.15, 0.2) is 6.20 Å². The molecule has 0 N–H and O–H groups in total. The van der Waals surface area contributed by atoms with Crippen molar-refractivity contribution >= 4 is 5.97 Å². The fourth-order valence-corrected chi connectivity index (χ4v) is 2.49. The van der Waals surface area contributed by atoms with E-state index in [0.717, 1.165) is 31.5 Å². The summed E-state index contributed by atoms with van der Waals surface area (Å²) in [5, 5.41) is 0. The summed E-state index contributed by atoms with van der Waals surface area (Å²) in [5.74, 6) is 1.42. The summed E-state index contributed by atoms with van der Waals surface area (Å²) in [7, 11) is 1.45. The van der Waals surface area contributed by atoms with E-state index in [0.29, 0.717) is 5.92 Å². The van der Waals surface area contributed by atoms with Gasteiger partial charge in [0, 0.05) is 18.3 Å². The fourth-order valence-electron chi connectivity index (χ4n) is 2.49. The zero-order valence-corrected chi connectivity index (χ0v) is 10.8. The molecule has 1 unspecified atom stereocenters. The number of fused-ring (bicyclic) bond motifs is 1. The van der Waals surface area contributed by atoms with Gasteiger partial charge in [-0.15, -0.1) is 0 Å². The summed E-state index contributed by atoms with van der Waals surface area (Å²) in [6.07, 6.45) is 5.73. The Bertz CT molecular complexity index is 410. The van der Waals surface area contributed by atoms with Gasteiger partial charge in [-0.1, -0.05) is 13.8 Å². The third kappa shape index (κ3) is 2.35. The largest absolute Gasteiger partial charge is 0.467 e. The molecule has 4 nitrogen and oxygen atoms in total. The molecular formula is C13H20N2O2. The van der Waals surface area contributed by atoms with E-state index in [2.05, 4.69) is 23.4 Å². The highest BCUT2D eigenvalue weighted by Gasteiger charge is 2.29. The van der Waals surface area contributed by atoms with E-state index in [4.69, 9.17) is 4.74 Å². The number of aromatic nitrogens is 2. The summed E-state index contributed by atoms with van der Waals surface area (Å²) in [6, 6.07) is -0.167. The monoisotopic (exact) mass is 236 g/mol. The molecule has 1 aliphatic rings. The lowest BCUT2D eigenvalue weighted by Gasteiger charge is -2.25. The zero-order chi connectivity index (χ0) is 12.4. The van der Waals surface area contributed by atoms with E-state index >= 15 is 0 Å². The Kier molecular flexibility index (Phi) is 3.50. The van der Waals surface area contributed by atoms with Crippen LogP contribution < -0.4 is 0 Å². The molecule has 2 heterocycles. The Morgan fingerprint density at radius 3 is 3.06 bits per heavy atom. The van der Waals surface area contributed by atoms with E-state index in [9.17, 15) is 4.79 Å². The molecule has 0 radical (unpaired) electrons. The smallest absolute Gasteiger partial charge is 0.328 e. The maximum Gasteiger partial charge on any atom is 0.328 e. The molecule has 17 heavy (non-hydrogen) atoms. The SMILES string of the molecule is COC(=O)C1CCCc2cnc(CC(C)C)n21. The maximum atomic E-state index is 11.8. The first-order valence-corrected chi connectivity index (χ1v) is 6.26. The number of methoxy groups -OCH3 is 1. The molecule has 0 bridgehead atoms. The molecule has 1 aromatic rings. The van der Waals surface area contributed by atoms with E-state index in [1.807, 2.05) is 6.20 Å². The molecule has 1 aromatic heterocycles. The lowest BCUT2D eigenvalue weighted by atomic mass is 10.0. The van der Waals surface area contributed by atoms with Gasteiger partial charge < -0.3 is 9.30 Å². The van der Waals surface area contributed by atoms with Crippen molar-refractivity contribution < 1.29 is 9.53 Å². The Morgan fingerprint density at radius 2 is 2.41 bits per heavy atom. The molecule has 1 aliphatic heterocycles. The van der Waals surface area contributed by atoms with Crippen molar-refractivity contribution in [3.63, 3.8) is 0 Å². The van der Waals surface area contributed by atoms with Crippen LogP contribution in [0.1, 0.15) is 44.2 Å². The van der Waals surface area contributed by atoms with Gasteiger partial charge >= 0.3 is 5.97 Å². The van der Waals surface area contributed by atoms with Gasteiger partial charge in [0.2, 0.25) is 0 Å². The van der Waals surface area contributed by atoms with Gasteiger partial charge in [0.05, 0.1) is 7.11 Å². The number of imidazole rings is 1. The molecule has 0 amide bonds. The van der Waals surface area contributed by atoms with Crippen LogP contribution in [0.3, 0.4) is 0 Å². The Hall–Kier alpha value is -1.32. The third-order valence-electron chi connectivity index (χ3n) is 3.24. The molecule has 0 fully saturated rings. The maximum absolute atomic E-state index is 11.8. The minimum atomic E-state index is -0.167. The number of rotatable bonds is 3. The standard InChI is InChI=1S/C13H20N2O2/c1-9(2)7-12-14-8-10-5-4-6-11(15(10)12)13(16)17-3/h8-9,11H,4-7H2,1-3H3. The summed E-state index contributed by atoms with van der Waals surface area (Å²) in [6.45, 7) is 4.33. The second kappa shape index (κ2) is 4.90. The van der Waals surface area contributed by atoms with Gasteiger partial charge in [0.25, 0.3) is 0 Å². The first-order valence-electron chi connectivity index (χ1n) is 6.26. The number of carbonyl (C=O) groups is 1. The van der Waals surface area contributed by atoms with E-state index in [1.54, 1.807) is 0 Å². The van der Waals surface area contributed by atoms with Gasteiger partial charge in [-0.25, -0.2) is 9.78 Å². The van der Waals surface area contributed by atoms with E-state index in [1.165, 1.54) is 12.8 Å². The fraction of sp³-hybridized carbons (Fsp3) is 0.692. The Balaban J connectivity index is 2.33. The molecule has 94 valence electrons. The van der Waals surface area contributed by atoms with Crippen LogP contribution in [0.4, 0.5) is 0 Å². The summed E-state index contributed by atoms with van der Waals surface area (Å²) in [4.78, 5) is 16.3. The molecule has 0 spiro atoms. The van der Waals surface area contributed by atoms with Gasteiger partial charge in [-0.05, 0) is 25.2 Å². The zero-order valence-electron chi connectivity index (χ0n) is 10.8. The first kappa shape index (κ1) is 12.1. The Morgan fingerprint density at radius 1 is 1.65 bits per heavy atom. The van der Waals surface area contributed by atoms with Crippen LogP contribution in [-0.2, 0) is 22.4 Å². The number of ether oxygens (including phenoxy) is 1. The van der Waals surface area contributed by atoms with E-state index < -0.39 is 0 Å². The van der Waals surface area contributed by atoms with Gasteiger partial charge in [-0.2, -0.15) is 0 Å². The minimum Gasteiger partial charge on any atom is -0.467 e. The average molecular weight is 236 g/mol. The number of nitrogens with zero attached hydrogens (tertiary/aromatic N) is 2. The van der Waals surface area contributed by atoms with Gasteiger partial charge in [-0.3, -0.25) is 0 Å². The highest BCUT2D eigenvalue weighted by Crippen LogP contribution is 2.28. The predicted octanol–water partition coefficient (Wildman–Crippen LogP) is 2.13. The summed E-state index contributed by atoms with van der Waals surface area (Å²) < 4.78 is 6.98. The second-order valence-corrected chi connectivity index (χ2v) is 5.06. The number of hydrogen-bond donors (Lipinski definition) is 0. The van der Waals surface area contributed by atoms with Crippen molar-refractivity contribution in [2.45, 2.75) is 45.6 Å². The van der Waals surface area contributed by atoms with Crippen LogP contribution >= 0.6 is 0 Å². The number of carbonyl (C=O) groups excluding carboxylic acids is 1. The van der Waals surface area contributed by atoms with Crippen LogP contribution in [0, 0.1) is 5.92 Å².